The molecule has 0 heterocycles. The normalized spacial score (nSPS) is 11.2. The van der Waals surface area contributed by atoms with Crippen molar-refractivity contribution in [3.63, 3.8) is 0 Å². The van der Waals surface area contributed by atoms with E-state index in [1.807, 2.05) is 0 Å². The van der Waals surface area contributed by atoms with E-state index in [1.165, 1.54) is 49.7 Å². The zero-order valence-electron chi connectivity index (χ0n) is 25.9. The van der Waals surface area contributed by atoms with Gasteiger partial charge in [-0.25, -0.2) is 0 Å². The predicted octanol–water partition coefficient (Wildman–Crippen LogP) is 12.5. The van der Waals surface area contributed by atoms with Gasteiger partial charge >= 0.3 is 0 Å². The van der Waals surface area contributed by atoms with Gasteiger partial charge in [0.05, 0.1) is 5.69 Å². The molecule has 0 aliphatic rings. The SMILES string of the molecule is CC(C)Cc1ccc(-c2ccc(N(c3ccc(-c4ccccc4)cc3)c3cc(-c4ccccc4)cc4ccccc34)cc2)cc1. The summed E-state index contributed by atoms with van der Waals surface area (Å²) in [6.07, 6.45) is 1.10. The Morgan fingerprint density at radius 3 is 1.40 bits per heavy atom. The average molecular weight is 580 g/mol. The van der Waals surface area contributed by atoms with Gasteiger partial charge in [-0.05, 0) is 93.1 Å². The molecule has 0 amide bonds. The van der Waals surface area contributed by atoms with Crippen LogP contribution in [0.3, 0.4) is 0 Å². The molecule has 7 aromatic rings. The van der Waals surface area contributed by atoms with E-state index in [-0.39, 0.29) is 0 Å². The molecule has 0 radical (unpaired) electrons. The van der Waals surface area contributed by atoms with Crippen LogP contribution in [0.4, 0.5) is 17.1 Å². The van der Waals surface area contributed by atoms with Crippen LogP contribution in [0.5, 0.6) is 0 Å². The third-order valence-electron chi connectivity index (χ3n) is 8.48. The highest BCUT2D eigenvalue weighted by Crippen LogP contribution is 2.42. The molecule has 0 atom stereocenters. The molecular weight excluding hydrogens is 542 g/mol. The number of nitrogens with zero attached hydrogens (tertiary/aromatic N) is 1. The van der Waals surface area contributed by atoms with Gasteiger partial charge in [0, 0.05) is 16.8 Å². The first-order chi connectivity index (χ1) is 22.1. The quantitative estimate of drug-likeness (QED) is 0.173. The van der Waals surface area contributed by atoms with E-state index in [4.69, 9.17) is 0 Å². The molecule has 0 saturated carbocycles. The Hall–Kier alpha value is -5.40. The van der Waals surface area contributed by atoms with Gasteiger partial charge in [0.15, 0.2) is 0 Å². The third kappa shape index (κ3) is 6.16. The van der Waals surface area contributed by atoms with Crippen molar-refractivity contribution in [2.45, 2.75) is 20.3 Å². The number of anilines is 3. The molecule has 218 valence electrons. The van der Waals surface area contributed by atoms with Crippen LogP contribution in [0.2, 0.25) is 0 Å². The van der Waals surface area contributed by atoms with Crippen LogP contribution in [-0.4, -0.2) is 0 Å². The maximum absolute atomic E-state index is 2.40. The number of benzene rings is 7. The fourth-order valence-corrected chi connectivity index (χ4v) is 6.24. The summed E-state index contributed by atoms with van der Waals surface area (Å²) in [4.78, 5) is 2.40. The minimum absolute atomic E-state index is 0.652. The van der Waals surface area contributed by atoms with Crippen LogP contribution in [-0.2, 0) is 6.42 Å². The summed E-state index contributed by atoms with van der Waals surface area (Å²) in [5.74, 6) is 0.652. The van der Waals surface area contributed by atoms with Crippen LogP contribution < -0.4 is 4.90 Å². The molecule has 7 aromatic carbocycles. The average Bonchev–Trinajstić information content (AvgIpc) is 3.10. The van der Waals surface area contributed by atoms with Crippen molar-refractivity contribution in [1.29, 1.82) is 0 Å². The molecule has 1 nitrogen and oxygen atoms in total. The Kier molecular flexibility index (Phi) is 8.00. The molecule has 0 saturated heterocycles. The smallest absolute Gasteiger partial charge is 0.0546 e. The molecule has 0 aliphatic carbocycles. The largest absolute Gasteiger partial charge is 0.310 e. The van der Waals surface area contributed by atoms with Crippen molar-refractivity contribution >= 4 is 27.8 Å². The monoisotopic (exact) mass is 579 g/mol. The topological polar surface area (TPSA) is 3.24 Å². The van der Waals surface area contributed by atoms with E-state index >= 15 is 0 Å². The fourth-order valence-electron chi connectivity index (χ4n) is 6.24. The lowest BCUT2D eigenvalue weighted by Gasteiger charge is -2.28. The molecule has 1 heteroatoms. The van der Waals surface area contributed by atoms with E-state index in [2.05, 4.69) is 189 Å². The lowest BCUT2D eigenvalue weighted by atomic mass is 9.97. The van der Waals surface area contributed by atoms with Gasteiger partial charge < -0.3 is 4.90 Å². The first-order valence-electron chi connectivity index (χ1n) is 15.9. The Balaban J connectivity index is 1.35. The standard InChI is InChI=1S/C44H37N/c1-32(2)29-33-17-19-36(20-18-33)38-23-27-42(28-24-38)45(41-25-21-37(22-26-41)34-11-5-3-6-12-34)44-31-40(35-13-7-4-8-14-35)30-39-15-9-10-16-43(39)44/h3-28,30-32H,29H2,1-2H3. The molecular formula is C44H37N. The summed E-state index contributed by atoms with van der Waals surface area (Å²) in [7, 11) is 0. The van der Waals surface area contributed by atoms with E-state index in [1.54, 1.807) is 0 Å². The number of fused-ring (bicyclic) bond motifs is 1. The molecule has 0 aliphatic heterocycles. The van der Waals surface area contributed by atoms with Gasteiger partial charge in [0.2, 0.25) is 0 Å². The summed E-state index contributed by atoms with van der Waals surface area (Å²) < 4.78 is 0. The van der Waals surface area contributed by atoms with E-state index in [9.17, 15) is 0 Å². The Morgan fingerprint density at radius 2 is 0.867 bits per heavy atom. The van der Waals surface area contributed by atoms with Crippen LogP contribution in [0, 0.1) is 5.92 Å². The Morgan fingerprint density at radius 1 is 0.422 bits per heavy atom. The highest BCUT2D eigenvalue weighted by Gasteiger charge is 2.17. The summed E-state index contributed by atoms with van der Waals surface area (Å²) in [6.45, 7) is 4.54. The number of rotatable bonds is 8. The first-order valence-corrected chi connectivity index (χ1v) is 15.9. The maximum Gasteiger partial charge on any atom is 0.0546 e. The molecule has 0 bridgehead atoms. The fraction of sp³-hybridized carbons (Fsp3) is 0.0909. The van der Waals surface area contributed by atoms with Crippen LogP contribution in [0.1, 0.15) is 19.4 Å². The van der Waals surface area contributed by atoms with Gasteiger partial charge in [0.1, 0.15) is 0 Å². The summed E-state index contributed by atoms with van der Waals surface area (Å²) >= 11 is 0. The third-order valence-corrected chi connectivity index (χ3v) is 8.48. The molecule has 0 aromatic heterocycles. The van der Waals surface area contributed by atoms with Crippen LogP contribution >= 0.6 is 0 Å². The van der Waals surface area contributed by atoms with Gasteiger partial charge in [-0.1, -0.05) is 147 Å². The Bertz CT molecular complexity index is 2010. The molecule has 45 heavy (non-hydrogen) atoms. The minimum atomic E-state index is 0.652. The number of hydrogen-bond acceptors (Lipinski definition) is 1. The first kappa shape index (κ1) is 28.4. The van der Waals surface area contributed by atoms with Crippen molar-refractivity contribution in [2.75, 3.05) is 4.90 Å². The summed E-state index contributed by atoms with van der Waals surface area (Å²) in [5, 5.41) is 2.44. The predicted molar refractivity (Wildman–Crippen MR) is 193 cm³/mol. The molecule has 0 unspecified atom stereocenters. The minimum Gasteiger partial charge on any atom is -0.310 e. The Labute approximate surface area is 267 Å². The van der Waals surface area contributed by atoms with E-state index < -0.39 is 0 Å². The molecule has 0 fully saturated rings. The van der Waals surface area contributed by atoms with Crippen molar-refractivity contribution in [3.05, 3.63) is 175 Å². The second kappa shape index (κ2) is 12.7. The lowest BCUT2D eigenvalue weighted by Crippen LogP contribution is -2.10. The van der Waals surface area contributed by atoms with Gasteiger partial charge in [-0.3, -0.25) is 0 Å². The maximum atomic E-state index is 2.40. The second-order valence-corrected chi connectivity index (χ2v) is 12.2. The zero-order chi connectivity index (χ0) is 30.6. The number of hydrogen-bond donors (Lipinski definition) is 0. The van der Waals surface area contributed by atoms with Gasteiger partial charge in [-0.2, -0.15) is 0 Å². The van der Waals surface area contributed by atoms with Gasteiger partial charge in [-0.15, -0.1) is 0 Å². The van der Waals surface area contributed by atoms with E-state index in [0.29, 0.717) is 5.92 Å². The van der Waals surface area contributed by atoms with Crippen LogP contribution in [0.15, 0.2) is 170 Å². The molecule has 0 N–H and O–H groups in total. The molecule has 7 rings (SSSR count). The van der Waals surface area contributed by atoms with Crippen molar-refractivity contribution in [1.82, 2.24) is 0 Å². The highest BCUT2D eigenvalue weighted by molar-refractivity contribution is 6.02. The van der Waals surface area contributed by atoms with Crippen molar-refractivity contribution in [2.24, 2.45) is 5.92 Å². The van der Waals surface area contributed by atoms with E-state index in [0.717, 1.165) is 23.5 Å². The molecule has 0 spiro atoms. The van der Waals surface area contributed by atoms with Crippen molar-refractivity contribution < 1.29 is 0 Å². The zero-order valence-corrected chi connectivity index (χ0v) is 25.9. The second-order valence-electron chi connectivity index (χ2n) is 12.2. The summed E-state index contributed by atoms with van der Waals surface area (Å²) in [5.41, 5.74) is 12.1. The lowest BCUT2D eigenvalue weighted by molar-refractivity contribution is 0.647. The summed E-state index contributed by atoms with van der Waals surface area (Å²) in [6, 6.07) is 61.6. The van der Waals surface area contributed by atoms with Crippen LogP contribution in [0.25, 0.3) is 44.2 Å². The highest BCUT2D eigenvalue weighted by atomic mass is 15.1. The van der Waals surface area contributed by atoms with Crippen molar-refractivity contribution in [3.8, 4) is 33.4 Å². The van der Waals surface area contributed by atoms with Gasteiger partial charge in [0.25, 0.3) is 0 Å².